The summed E-state index contributed by atoms with van der Waals surface area (Å²) in [6, 6.07) is 8.65. The summed E-state index contributed by atoms with van der Waals surface area (Å²) >= 11 is 0. The lowest BCUT2D eigenvalue weighted by molar-refractivity contribution is 0.647. The molecule has 1 aliphatic rings. The molecule has 0 amide bonds. The average Bonchev–Trinajstić information content (AvgIpc) is 2.33. The van der Waals surface area contributed by atoms with Crippen LogP contribution >= 0.6 is 0 Å². The molecule has 1 aromatic rings. The predicted octanol–water partition coefficient (Wildman–Crippen LogP) is 2.99. The van der Waals surface area contributed by atoms with Crippen molar-refractivity contribution < 1.29 is 0 Å². The molecule has 96 valence electrons. The van der Waals surface area contributed by atoms with Crippen LogP contribution in [0.1, 0.15) is 38.3 Å². The van der Waals surface area contributed by atoms with Gasteiger partial charge in [-0.2, -0.15) is 5.10 Å². The van der Waals surface area contributed by atoms with Crippen molar-refractivity contribution >= 4 is 11.5 Å². The Morgan fingerprint density at radius 3 is 2.44 bits per heavy atom. The van der Waals surface area contributed by atoms with E-state index in [9.17, 15) is 0 Å². The molecule has 0 aliphatic carbocycles. The second kappa shape index (κ2) is 5.34. The molecule has 2 rings (SSSR count). The molecule has 18 heavy (non-hydrogen) atoms. The highest BCUT2D eigenvalue weighted by molar-refractivity contribution is 6.04. The van der Waals surface area contributed by atoms with Crippen LogP contribution in [0.25, 0.3) is 0 Å². The maximum Gasteiger partial charge on any atom is 0.125 e. The zero-order valence-corrected chi connectivity index (χ0v) is 11.4. The van der Waals surface area contributed by atoms with Gasteiger partial charge in [-0.1, -0.05) is 45.0 Å². The molecule has 1 heterocycles. The Bertz CT molecular complexity index is 469. The molecule has 0 radical (unpaired) electrons. The third-order valence-corrected chi connectivity index (χ3v) is 3.22. The van der Waals surface area contributed by atoms with Crippen LogP contribution in [-0.2, 0) is 6.42 Å². The van der Waals surface area contributed by atoms with Gasteiger partial charge in [-0.05, 0) is 23.5 Å². The van der Waals surface area contributed by atoms with E-state index in [4.69, 9.17) is 5.73 Å². The van der Waals surface area contributed by atoms with Crippen LogP contribution < -0.4 is 5.73 Å². The highest BCUT2D eigenvalue weighted by Gasteiger charge is 2.17. The molecular weight excluding hydrogens is 222 g/mol. The quantitative estimate of drug-likeness (QED) is 0.871. The number of hydrogen-bond donors (Lipinski definition) is 1. The van der Waals surface area contributed by atoms with E-state index >= 15 is 0 Å². The van der Waals surface area contributed by atoms with E-state index < -0.39 is 0 Å². The Kier molecular flexibility index (Phi) is 3.80. The molecule has 3 nitrogen and oxygen atoms in total. The highest BCUT2D eigenvalue weighted by Crippen LogP contribution is 2.17. The Balaban J connectivity index is 2.15. The SMILES string of the molecule is CC(C)Cc1ccc(C2=NN=C(N)C(C)C2)cc1. The van der Waals surface area contributed by atoms with Crippen LogP contribution in [0.15, 0.2) is 34.5 Å². The molecule has 0 fully saturated rings. The average molecular weight is 243 g/mol. The molecule has 1 unspecified atom stereocenters. The van der Waals surface area contributed by atoms with Gasteiger partial charge in [0, 0.05) is 12.3 Å². The lowest BCUT2D eigenvalue weighted by Crippen LogP contribution is -2.26. The smallest absolute Gasteiger partial charge is 0.125 e. The number of amidine groups is 1. The van der Waals surface area contributed by atoms with E-state index in [-0.39, 0.29) is 5.92 Å². The molecule has 2 N–H and O–H groups in total. The van der Waals surface area contributed by atoms with Gasteiger partial charge >= 0.3 is 0 Å². The van der Waals surface area contributed by atoms with Crippen LogP contribution in [0.5, 0.6) is 0 Å². The Hall–Kier alpha value is -1.64. The third-order valence-electron chi connectivity index (χ3n) is 3.22. The van der Waals surface area contributed by atoms with E-state index in [0.717, 1.165) is 24.1 Å². The normalized spacial score (nSPS) is 19.7. The standard InChI is InChI=1S/C15H21N3/c1-10(2)8-12-4-6-13(7-5-12)14-9-11(3)15(16)18-17-14/h4-7,10-11H,8-9H2,1-3H3,(H2,16,18). The highest BCUT2D eigenvalue weighted by atomic mass is 15.2. The number of benzene rings is 1. The van der Waals surface area contributed by atoms with Crippen molar-refractivity contribution in [2.24, 2.45) is 27.8 Å². The summed E-state index contributed by atoms with van der Waals surface area (Å²) in [5.74, 6) is 1.61. The van der Waals surface area contributed by atoms with Gasteiger partial charge in [0.15, 0.2) is 0 Å². The lowest BCUT2D eigenvalue weighted by Gasteiger charge is -2.16. The summed E-state index contributed by atoms with van der Waals surface area (Å²) in [5, 5.41) is 8.22. The molecule has 0 saturated heterocycles. The van der Waals surface area contributed by atoms with Crippen LogP contribution in [0.2, 0.25) is 0 Å². The zero-order chi connectivity index (χ0) is 13.1. The van der Waals surface area contributed by atoms with Gasteiger partial charge in [0.1, 0.15) is 5.84 Å². The predicted molar refractivity (Wildman–Crippen MR) is 76.9 cm³/mol. The van der Waals surface area contributed by atoms with Gasteiger partial charge in [0.25, 0.3) is 0 Å². The van der Waals surface area contributed by atoms with E-state index in [2.05, 4.69) is 55.2 Å². The van der Waals surface area contributed by atoms with Crippen LogP contribution in [-0.4, -0.2) is 11.5 Å². The van der Waals surface area contributed by atoms with E-state index in [1.807, 2.05) is 0 Å². The largest absolute Gasteiger partial charge is 0.385 e. The minimum absolute atomic E-state index is 0.285. The molecule has 1 aromatic carbocycles. The topological polar surface area (TPSA) is 50.7 Å². The zero-order valence-electron chi connectivity index (χ0n) is 11.4. The number of rotatable bonds is 3. The first-order chi connectivity index (χ1) is 8.56. The summed E-state index contributed by atoms with van der Waals surface area (Å²) in [7, 11) is 0. The van der Waals surface area contributed by atoms with Crippen LogP contribution in [0.4, 0.5) is 0 Å². The van der Waals surface area contributed by atoms with E-state index in [0.29, 0.717) is 11.8 Å². The molecule has 3 heteroatoms. The first-order valence-corrected chi connectivity index (χ1v) is 6.55. The van der Waals surface area contributed by atoms with Gasteiger partial charge in [-0.3, -0.25) is 0 Å². The first kappa shape index (κ1) is 12.8. The van der Waals surface area contributed by atoms with Gasteiger partial charge in [-0.15, -0.1) is 5.10 Å². The summed E-state index contributed by atoms with van der Waals surface area (Å²) in [6.07, 6.45) is 1.99. The van der Waals surface area contributed by atoms with Crippen LogP contribution in [0, 0.1) is 11.8 Å². The molecule has 0 aromatic heterocycles. The maximum atomic E-state index is 5.74. The minimum Gasteiger partial charge on any atom is -0.385 e. The molecule has 0 bridgehead atoms. The Labute approximate surface area is 109 Å². The van der Waals surface area contributed by atoms with Crippen molar-refractivity contribution in [3.8, 4) is 0 Å². The first-order valence-electron chi connectivity index (χ1n) is 6.55. The number of nitrogens with two attached hydrogens (primary N) is 1. The molecule has 0 spiro atoms. The molecule has 1 aliphatic heterocycles. The second-order valence-corrected chi connectivity index (χ2v) is 5.47. The third kappa shape index (κ3) is 2.97. The van der Waals surface area contributed by atoms with Crippen molar-refractivity contribution in [2.75, 3.05) is 0 Å². The summed E-state index contributed by atoms with van der Waals surface area (Å²) in [6.45, 7) is 6.55. The lowest BCUT2D eigenvalue weighted by atomic mass is 9.95. The minimum atomic E-state index is 0.285. The Morgan fingerprint density at radius 2 is 1.89 bits per heavy atom. The van der Waals surface area contributed by atoms with E-state index in [1.165, 1.54) is 5.56 Å². The Morgan fingerprint density at radius 1 is 1.22 bits per heavy atom. The van der Waals surface area contributed by atoms with Crippen molar-refractivity contribution in [1.82, 2.24) is 0 Å². The van der Waals surface area contributed by atoms with Crippen molar-refractivity contribution in [2.45, 2.75) is 33.6 Å². The molecule has 0 saturated carbocycles. The van der Waals surface area contributed by atoms with Gasteiger partial charge in [-0.25, -0.2) is 0 Å². The van der Waals surface area contributed by atoms with Crippen molar-refractivity contribution in [3.05, 3.63) is 35.4 Å². The van der Waals surface area contributed by atoms with Gasteiger partial charge in [0.2, 0.25) is 0 Å². The van der Waals surface area contributed by atoms with Crippen LogP contribution in [0.3, 0.4) is 0 Å². The molecule has 1 atom stereocenters. The van der Waals surface area contributed by atoms with Gasteiger partial charge < -0.3 is 5.73 Å². The summed E-state index contributed by atoms with van der Waals surface area (Å²) in [5.41, 5.74) is 9.31. The number of nitrogens with zero attached hydrogens (tertiary/aromatic N) is 2. The molecular formula is C15H21N3. The van der Waals surface area contributed by atoms with Crippen molar-refractivity contribution in [3.63, 3.8) is 0 Å². The summed E-state index contributed by atoms with van der Waals surface area (Å²) in [4.78, 5) is 0. The fourth-order valence-corrected chi connectivity index (χ4v) is 2.13. The summed E-state index contributed by atoms with van der Waals surface area (Å²) < 4.78 is 0. The van der Waals surface area contributed by atoms with E-state index in [1.54, 1.807) is 0 Å². The fourth-order valence-electron chi connectivity index (χ4n) is 2.13. The second-order valence-electron chi connectivity index (χ2n) is 5.47. The fraction of sp³-hybridized carbons (Fsp3) is 0.467. The van der Waals surface area contributed by atoms with Gasteiger partial charge in [0.05, 0.1) is 5.71 Å². The van der Waals surface area contributed by atoms with Crippen molar-refractivity contribution in [1.29, 1.82) is 0 Å². The monoisotopic (exact) mass is 243 g/mol. The maximum absolute atomic E-state index is 5.74. The number of hydrogen-bond acceptors (Lipinski definition) is 3.